The van der Waals surface area contributed by atoms with Gasteiger partial charge in [0.15, 0.2) is 0 Å². The quantitative estimate of drug-likeness (QED) is 0.549. The molecule has 8 nitrogen and oxygen atoms in total. The highest BCUT2D eigenvalue weighted by Gasteiger charge is 2.26. The fourth-order valence-corrected chi connectivity index (χ4v) is 5.39. The van der Waals surface area contributed by atoms with Crippen LogP contribution in [0.3, 0.4) is 0 Å². The van der Waals surface area contributed by atoms with Crippen molar-refractivity contribution in [2.45, 2.75) is 44.7 Å². The number of hydrogen-bond donors (Lipinski definition) is 1. The molecule has 10 heteroatoms. The van der Waals surface area contributed by atoms with Crippen molar-refractivity contribution in [1.82, 2.24) is 14.5 Å². The molecule has 0 saturated heterocycles. The molecule has 2 amide bonds. The van der Waals surface area contributed by atoms with Gasteiger partial charge in [-0.1, -0.05) is 49.7 Å². The molecule has 1 aliphatic heterocycles. The average Bonchev–Trinajstić information content (AvgIpc) is 2.84. The molecule has 2 aromatic rings. The number of likely N-dealkylation sites (N-methyl/N-ethyl adjacent to an activating group) is 1. The summed E-state index contributed by atoms with van der Waals surface area (Å²) in [6.07, 6.45) is 4.41. The zero-order valence-electron chi connectivity index (χ0n) is 21.6. The van der Waals surface area contributed by atoms with Crippen LogP contribution in [0.25, 0.3) is 0 Å². The molecule has 1 aliphatic rings. The standard InChI is InChI=1S/C27H34ClN3O5S/c1-19(2)14-23-18-36-26-11-10-24(37(34,35)29-17-21-8-7-9-22(28)15-21)16-25(26)27(33)30(4)12-5-6-13-31(23)20(3)32/h5-11,15-16,19,23,29H,12-14,17-18H2,1-4H3/b6-5+/t23-/m1/s1. The second-order valence-electron chi connectivity index (χ2n) is 9.54. The fourth-order valence-electron chi connectivity index (χ4n) is 4.14. The number of halogens is 1. The van der Waals surface area contributed by atoms with Crippen LogP contribution < -0.4 is 9.46 Å². The van der Waals surface area contributed by atoms with Gasteiger partial charge in [-0.15, -0.1) is 0 Å². The number of nitrogens with zero attached hydrogens (tertiary/aromatic N) is 2. The molecule has 0 saturated carbocycles. The van der Waals surface area contributed by atoms with Gasteiger partial charge in [0.1, 0.15) is 12.4 Å². The number of nitrogens with one attached hydrogen (secondary N) is 1. The third kappa shape index (κ3) is 7.80. The number of rotatable bonds is 6. The summed E-state index contributed by atoms with van der Waals surface area (Å²) in [4.78, 5) is 28.9. The van der Waals surface area contributed by atoms with Crippen molar-refractivity contribution in [3.8, 4) is 5.75 Å². The summed E-state index contributed by atoms with van der Waals surface area (Å²) in [6.45, 7) is 6.61. The Hall–Kier alpha value is -2.88. The van der Waals surface area contributed by atoms with Crippen LogP contribution in [0.2, 0.25) is 5.02 Å². The zero-order valence-corrected chi connectivity index (χ0v) is 23.2. The van der Waals surface area contributed by atoms with Crippen LogP contribution >= 0.6 is 11.6 Å². The van der Waals surface area contributed by atoms with Crippen LogP contribution in [0.15, 0.2) is 59.5 Å². The Labute approximate surface area is 224 Å². The summed E-state index contributed by atoms with van der Waals surface area (Å²) < 4.78 is 34.8. The highest BCUT2D eigenvalue weighted by atomic mass is 35.5. The molecule has 0 spiro atoms. The molecular weight excluding hydrogens is 514 g/mol. The van der Waals surface area contributed by atoms with Gasteiger partial charge in [0.25, 0.3) is 5.91 Å². The maximum atomic E-state index is 13.3. The van der Waals surface area contributed by atoms with Gasteiger partial charge >= 0.3 is 0 Å². The summed E-state index contributed by atoms with van der Waals surface area (Å²) in [5.74, 6) is 0.161. The first-order chi connectivity index (χ1) is 17.5. The van der Waals surface area contributed by atoms with E-state index in [0.29, 0.717) is 29.6 Å². The summed E-state index contributed by atoms with van der Waals surface area (Å²) >= 11 is 6.00. The van der Waals surface area contributed by atoms with Gasteiger partial charge in [-0.2, -0.15) is 0 Å². The topological polar surface area (TPSA) is 96.0 Å². The Morgan fingerprint density at radius 2 is 1.89 bits per heavy atom. The molecule has 1 heterocycles. The SMILES string of the molecule is CC(=O)N1C/C=C/CN(C)C(=O)c2cc(S(=O)(=O)NCc3cccc(Cl)c3)ccc2OC[C@H]1CC(C)C. The van der Waals surface area contributed by atoms with Crippen LogP contribution in [0.4, 0.5) is 0 Å². The molecule has 1 atom stereocenters. The molecule has 0 aromatic heterocycles. The molecule has 3 rings (SSSR count). The molecular formula is C27H34ClN3O5S. The van der Waals surface area contributed by atoms with Gasteiger partial charge in [-0.25, -0.2) is 13.1 Å². The van der Waals surface area contributed by atoms with Crippen molar-refractivity contribution in [1.29, 1.82) is 0 Å². The average molecular weight is 548 g/mol. The van der Waals surface area contributed by atoms with Crippen molar-refractivity contribution in [3.63, 3.8) is 0 Å². The number of carbonyl (C=O) groups excluding carboxylic acids is 2. The van der Waals surface area contributed by atoms with E-state index < -0.39 is 10.0 Å². The number of benzene rings is 2. The zero-order chi connectivity index (χ0) is 27.2. The molecule has 37 heavy (non-hydrogen) atoms. The molecule has 0 bridgehead atoms. The maximum absolute atomic E-state index is 13.3. The van der Waals surface area contributed by atoms with Gasteiger partial charge < -0.3 is 14.5 Å². The van der Waals surface area contributed by atoms with Gasteiger partial charge in [-0.05, 0) is 48.2 Å². The van der Waals surface area contributed by atoms with Crippen LogP contribution in [0.5, 0.6) is 5.75 Å². The normalized spacial score (nSPS) is 18.0. The molecule has 0 aliphatic carbocycles. The minimum Gasteiger partial charge on any atom is -0.491 e. The Morgan fingerprint density at radius 1 is 1.16 bits per heavy atom. The monoisotopic (exact) mass is 547 g/mol. The van der Waals surface area contributed by atoms with Crippen molar-refractivity contribution >= 4 is 33.4 Å². The van der Waals surface area contributed by atoms with Crippen molar-refractivity contribution in [2.24, 2.45) is 5.92 Å². The highest BCUT2D eigenvalue weighted by Crippen LogP contribution is 2.26. The molecule has 0 fully saturated rings. The van der Waals surface area contributed by atoms with Gasteiger partial charge in [0, 0.05) is 38.6 Å². The predicted octanol–water partition coefficient (Wildman–Crippen LogP) is 4.10. The lowest BCUT2D eigenvalue weighted by Crippen LogP contribution is -2.44. The summed E-state index contributed by atoms with van der Waals surface area (Å²) in [5, 5.41) is 0.510. The lowest BCUT2D eigenvalue weighted by atomic mass is 10.0. The Bertz CT molecular complexity index is 1260. The number of hydrogen-bond acceptors (Lipinski definition) is 5. The fraction of sp³-hybridized carbons (Fsp3) is 0.407. The Balaban J connectivity index is 1.93. The lowest BCUT2D eigenvalue weighted by Gasteiger charge is -2.32. The summed E-state index contributed by atoms with van der Waals surface area (Å²) in [7, 11) is -2.30. The minimum absolute atomic E-state index is 0.0485. The van der Waals surface area contributed by atoms with E-state index in [1.807, 2.05) is 12.2 Å². The molecule has 2 aromatic carbocycles. The number of carbonyl (C=O) groups is 2. The van der Waals surface area contributed by atoms with E-state index in [-0.39, 0.29) is 47.2 Å². The second-order valence-corrected chi connectivity index (χ2v) is 11.7. The van der Waals surface area contributed by atoms with Crippen LogP contribution in [0.1, 0.15) is 43.1 Å². The summed E-state index contributed by atoms with van der Waals surface area (Å²) in [6, 6.07) is 11.0. The first-order valence-corrected chi connectivity index (χ1v) is 14.0. The first-order valence-electron chi connectivity index (χ1n) is 12.2. The first kappa shape index (κ1) is 28.7. The molecule has 0 unspecified atom stereocenters. The van der Waals surface area contributed by atoms with E-state index in [1.54, 1.807) is 36.2 Å². The van der Waals surface area contributed by atoms with E-state index in [0.717, 1.165) is 6.42 Å². The molecule has 1 N–H and O–H groups in total. The minimum atomic E-state index is -3.93. The van der Waals surface area contributed by atoms with Gasteiger partial charge in [0.2, 0.25) is 15.9 Å². The summed E-state index contributed by atoms with van der Waals surface area (Å²) in [5.41, 5.74) is 0.847. The highest BCUT2D eigenvalue weighted by molar-refractivity contribution is 7.89. The van der Waals surface area contributed by atoms with Crippen LogP contribution in [-0.4, -0.2) is 62.8 Å². The second kappa shape index (κ2) is 12.6. The van der Waals surface area contributed by atoms with E-state index in [4.69, 9.17) is 16.3 Å². The largest absolute Gasteiger partial charge is 0.491 e. The molecule has 0 radical (unpaired) electrons. The lowest BCUT2D eigenvalue weighted by molar-refractivity contribution is -0.131. The number of ether oxygens (including phenoxy) is 1. The van der Waals surface area contributed by atoms with E-state index in [9.17, 15) is 18.0 Å². The van der Waals surface area contributed by atoms with E-state index in [1.165, 1.54) is 30.0 Å². The van der Waals surface area contributed by atoms with Crippen molar-refractivity contribution < 1.29 is 22.7 Å². The van der Waals surface area contributed by atoms with Crippen molar-refractivity contribution in [3.05, 3.63) is 70.8 Å². The molecule has 200 valence electrons. The van der Waals surface area contributed by atoms with Crippen LogP contribution in [0, 0.1) is 5.92 Å². The van der Waals surface area contributed by atoms with E-state index in [2.05, 4.69) is 18.6 Å². The third-order valence-corrected chi connectivity index (χ3v) is 7.70. The maximum Gasteiger partial charge on any atom is 0.257 e. The Morgan fingerprint density at radius 3 is 2.57 bits per heavy atom. The van der Waals surface area contributed by atoms with Crippen molar-refractivity contribution in [2.75, 3.05) is 26.7 Å². The van der Waals surface area contributed by atoms with Crippen LogP contribution in [-0.2, 0) is 21.4 Å². The number of amides is 2. The number of fused-ring (bicyclic) bond motifs is 1. The van der Waals surface area contributed by atoms with Gasteiger partial charge in [-0.3, -0.25) is 9.59 Å². The predicted molar refractivity (Wildman–Crippen MR) is 144 cm³/mol. The third-order valence-electron chi connectivity index (χ3n) is 6.06. The van der Waals surface area contributed by atoms with Gasteiger partial charge in [0.05, 0.1) is 16.5 Å². The van der Waals surface area contributed by atoms with E-state index >= 15 is 0 Å². The number of sulfonamides is 1. The smallest absolute Gasteiger partial charge is 0.257 e. The Kier molecular flexibility index (Phi) is 9.75.